The van der Waals surface area contributed by atoms with E-state index in [0.717, 1.165) is 25.7 Å². The molecule has 2 aliphatic rings. The van der Waals surface area contributed by atoms with Crippen LogP contribution >= 0.6 is 0 Å². The molecule has 1 aliphatic heterocycles. The largest absolute Gasteiger partial charge is 0.480 e. The van der Waals surface area contributed by atoms with E-state index in [9.17, 15) is 9.59 Å². The predicted octanol–water partition coefficient (Wildman–Crippen LogP) is 1.04. The van der Waals surface area contributed by atoms with Crippen LogP contribution in [0, 0.1) is 5.92 Å². The first-order chi connectivity index (χ1) is 8.66. The summed E-state index contributed by atoms with van der Waals surface area (Å²) in [6.45, 7) is 1.12. The number of piperidine rings is 1. The number of hydrogen-bond donors (Lipinski definition) is 1. The Labute approximate surface area is 106 Å². The van der Waals surface area contributed by atoms with Gasteiger partial charge in [-0.2, -0.15) is 0 Å². The van der Waals surface area contributed by atoms with E-state index >= 15 is 0 Å². The van der Waals surface area contributed by atoms with Crippen molar-refractivity contribution < 1.29 is 19.4 Å². The van der Waals surface area contributed by atoms with Gasteiger partial charge in [0.25, 0.3) is 0 Å². The van der Waals surface area contributed by atoms with Gasteiger partial charge in [-0.15, -0.1) is 0 Å². The molecule has 100 valence electrons. The van der Waals surface area contributed by atoms with Crippen LogP contribution in [0.2, 0.25) is 0 Å². The summed E-state index contributed by atoms with van der Waals surface area (Å²) in [6.07, 6.45) is 7.28. The van der Waals surface area contributed by atoms with E-state index in [1.54, 1.807) is 0 Å². The summed E-state index contributed by atoms with van der Waals surface area (Å²) < 4.78 is 5.25. The van der Waals surface area contributed by atoms with Gasteiger partial charge in [0.1, 0.15) is 6.61 Å². The minimum atomic E-state index is -0.939. The van der Waals surface area contributed by atoms with E-state index in [-0.39, 0.29) is 24.5 Å². The topological polar surface area (TPSA) is 66.8 Å². The Balaban J connectivity index is 1.72. The van der Waals surface area contributed by atoms with Gasteiger partial charge in [0, 0.05) is 19.0 Å². The molecule has 1 N–H and O–H groups in total. The average Bonchev–Trinajstić information content (AvgIpc) is 2.90. The Morgan fingerprint density at radius 1 is 1.22 bits per heavy atom. The number of nitrogens with zero attached hydrogens (tertiary/aromatic N) is 1. The van der Waals surface area contributed by atoms with Gasteiger partial charge in [0.05, 0.1) is 6.10 Å². The molecule has 0 atom stereocenters. The fourth-order valence-corrected chi connectivity index (χ4v) is 2.51. The molecule has 0 spiro atoms. The number of amides is 1. The van der Waals surface area contributed by atoms with E-state index in [1.807, 2.05) is 4.90 Å². The molecule has 0 unspecified atom stereocenters. The predicted molar refractivity (Wildman–Crippen MR) is 65.1 cm³/mol. The average molecular weight is 253 g/mol. The second-order valence-corrected chi connectivity index (χ2v) is 4.87. The first-order valence-electron chi connectivity index (χ1n) is 6.44. The molecule has 0 bridgehead atoms. The highest BCUT2D eigenvalue weighted by molar-refractivity contribution is 5.79. The third-order valence-corrected chi connectivity index (χ3v) is 3.55. The summed E-state index contributed by atoms with van der Waals surface area (Å²) in [5.74, 6) is -0.580. The molecule has 5 nitrogen and oxygen atoms in total. The fourth-order valence-electron chi connectivity index (χ4n) is 2.51. The summed E-state index contributed by atoms with van der Waals surface area (Å²) in [5, 5.41) is 8.53. The van der Waals surface area contributed by atoms with Crippen LogP contribution in [0.3, 0.4) is 0 Å². The third kappa shape index (κ3) is 3.32. The molecule has 1 fully saturated rings. The Hall–Kier alpha value is -1.36. The zero-order chi connectivity index (χ0) is 13.0. The van der Waals surface area contributed by atoms with Crippen LogP contribution in [-0.4, -0.2) is 47.7 Å². The smallest absolute Gasteiger partial charge is 0.329 e. The standard InChI is InChI=1S/C13H19NO4/c15-12(16)9-18-11-5-7-14(8-6-11)13(17)10-3-1-2-4-10/h1-2,10-11H,3-9H2,(H,15,16). The summed E-state index contributed by atoms with van der Waals surface area (Å²) >= 11 is 0. The highest BCUT2D eigenvalue weighted by atomic mass is 16.5. The van der Waals surface area contributed by atoms with Crippen molar-refractivity contribution in [1.29, 1.82) is 0 Å². The van der Waals surface area contributed by atoms with Crippen molar-refractivity contribution in [3.8, 4) is 0 Å². The van der Waals surface area contributed by atoms with Crippen LogP contribution in [-0.2, 0) is 14.3 Å². The number of carboxylic acid groups (broad SMARTS) is 1. The SMILES string of the molecule is O=C(O)COC1CCN(C(=O)C2CC=CC2)CC1. The molecule has 0 aromatic heterocycles. The van der Waals surface area contributed by atoms with Crippen molar-refractivity contribution in [1.82, 2.24) is 4.90 Å². The molecular formula is C13H19NO4. The minimum Gasteiger partial charge on any atom is -0.480 e. The highest BCUT2D eigenvalue weighted by Crippen LogP contribution is 2.23. The summed E-state index contributed by atoms with van der Waals surface area (Å²) in [7, 11) is 0. The number of carbonyl (C=O) groups is 2. The number of allylic oxidation sites excluding steroid dienone is 2. The lowest BCUT2D eigenvalue weighted by atomic mass is 10.0. The van der Waals surface area contributed by atoms with Crippen LogP contribution in [0.25, 0.3) is 0 Å². The van der Waals surface area contributed by atoms with Gasteiger partial charge in [-0.25, -0.2) is 4.79 Å². The normalized spacial score (nSPS) is 21.4. The molecule has 0 aromatic carbocycles. The molecule has 1 saturated heterocycles. The van der Waals surface area contributed by atoms with Gasteiger partial charge in [-0.05, 0) is 25.7 Å². The van der Waals surface area contributed by atoms with E-state index < -0.39 is 5.97 Å². The molecule has 0 radical (unpaired) electrons. The molecule has 1 amide bonds. The maximum atomic E-state index is 12.1. The maximum absolute atomic E-state index is 12.1. The number of carbonyl (C=O) groups excluding carboxylic acids is 1. The van der Waals surface area contributed by atoms with Crippen molar-refractivity contribution in [2.24, 2.45) is 5.92 Å². The monoisotopic (exact) mass is 253 g/mol. The van der Waals surface area contributed by atoms with Crippen LogP contribution in [0.4, 0.5) is 0 Å². The van der Waals surface area contributed by atoms with Gasteiger partial charge in [0.15, 0.2) is 0 Å². The lowest BCUT2D eigenvalue weighted by molar-refractivity contribution is -0.147. The van der Waals surface area contributed by atoms with Crippen LogP contribution in [0.1, 0.15) is 25.7 Å². The zero-order valence-corrected chi connectivity index (χ0v) is 10.4. The number of ether oxygens (including phenoxy) is 1. The van der Waals surface area contributed by atoms with Crippen LogP contribution in [0.5, 0.6) is 0 Å². The maximum Gasteiger partial charge on any atom is 0.329 e. The van der Waals surface area contributed by atoms with Crippen molar-refractivity contribution in [3.05, 3.63) is 12.2 Å². The van der Waals surface area contributed by atoms with E-state index in [2.05, 4.69) is 12.2 Å². The number of rotatable bonds is 4. The van der Waals surface area contributed by atoms with Gasteiger partial charge in [-0.3, -0.25) is 4.79 Å². The molecule has 2 rings (SSSR count). The second kappa shape index (κ2) is 6.00. The fraction of sp³-hybridized carbons (Fsp3) is 0.692. The number of carboxylic acids is 1. The highest BCUT2D eigenvalue weighted by Gasteiger charge is 2.28. The Morgan fingerprint density at radius 3 is 2.39 bits per heavy atom. The summed E-state index contributed by atoms with van der Waals surface area (Å²) in [6, 6.07) is 0. The lowest BCUT2D eigenvalue weighted by Gasteiger charge is -2.33. The van der Waals surface area contributed by atoms with E-state index in [4.69, 9.17) is 9.84 Å². The van der Waals surface area contributed by atoms with Gasteiger partial charge >= 0.3 is 5.97 Å². The molecular weight excluding hydrogens is 234 g/mol. The zero-order valence-electron chi connectivity index (χ0n) is 10.4. The van der Waals surface area contributed by atoms with Crippen molar-refractivity contribution in [2.75, 3.05) is 19.7 Å². The molecule has 18 heavy (non-hydrogen) atoms. The quantitative estimate of drug-likeness (QED) is 0.760. The lowest BCUT2D eigenvalue weighted by Crippen LogP contribution is -2.43. The van der Waals surface area contributed by atoms with Crippen molar-refractivity contribution >= 4 is 11.9 Å². The van der Waals surface area contributed by atoms with Gasteiger partial charge < -0.3 is 14.7 Å². The molecule has 1 aliphatic carbocycles. The summed E-state index contributed by atoms with van der Waals surface area (Å²) in [4.78, 5) is 24.4. The number of aliphatic carboxylic acids is 1. The minimum absolute atomic E-state index is 0.0214. The van der Waals surface area contributed by atoms with E-state index in [1.165, 1.54) is 0 Å². The molecule has 1 heterocycles. The molecule has 0 aromatic rings. The molecule has 5 heteroatoms. The van der Waals surface area contributed by atoms with Crippen molar-refractivity contribution in [3.63, 3.8) is 0 Å². The third-order valence-electron chi connectivity index (χ3n) is 3.55. The summed E-state index contributed by atoms with van der Waals surface area (Å²) in [5.41, 5.74) is 0. The van der Waals surface area contributed by atoms with Crippen molar-refractivity contribution in [2.45, 2.75) is 31.8 Å². The van der Waals surface area contributed by atoms with Crippen LogP contribution < -0.4 is 0 Å². The van der Waals surface area contributed by atoms with Crippen LogP contribution in [0.15, 0.2) is 12.2 Å². The van der Waals surface area contributed by atoms with E-state index in [0.29, 0.717) is 13.1 Å². The van der Waals surface area contributed by atoms with Gasteiger partial charge in [-0.1, -0.05) is 12.2 Å². The Bertz CT molecular complexity index is 337. The van der Waals surface area contributed by atoms with Gasteiger partial charge in [0.2, 0.25) is 5.91 Å². The first-order valence-corrected chi connectivity index (χ1v) is 6.44. The number of hydrogen-bond acceptors (Lipinski definition) is 3. The first kappa shape index (κ1) is 13.1. The number of likely N-dealkylation sites (tertiary alicyclic amines) is 1. The Morgan fingerprint density at radius 2 is 1.83 bits per heavy atom. The second-order valence-electron chi connectivity index (χ2n) is 4.87. The Kier molecular flexibility index (Phi) is 4.36. The molecule has 0 saturated carbocycles.